The summed E-state index contributed by atoms with van der Waals surface area (Å²) in [5.41, 5.74) is 6.84. The molecule has 0 bridgehead atoms. The highest BCUT2D eigenvalue weighted by Crippen LogP contribution is 2.49. The third-order valence-corrected chi connectivity index (χ3v) is 4.93. The lowest BCUT2D eigenvalue weighted by Gasteiger charge is -2.15. The number of nitrogens with two attached hydrogens (primary N) is 1. The Morgan fingerprint density at radius 3 is 2.54 bits per heavy atom. The lowest BCUT2D eigenvalue weighted by Crippen LogP contribution is -2.25. The fourth-order valence-electron chi connectivity index (χ4n) is 3.25. The van der Waals surface area contributed by atoms with E-state index in [1.165, 1.54) is 12.1 Å². The largest absolute Gasteiger partial charge is 0.490 e. The second-order valence-corrected chi connectivity index (χ2v) is 6.94. The minimum absolute atomic E-state index is 0. The predicted octanol–water partition coefficient (Wildman–Crippen LogP) is 4.20. The third-order valence-electron chi connectivity index (χ3n) is 4.93. The van der Waals surface area contributed by atoms with Crippen LogP contribution >= 0.6 is 24.0 Å². The van der Waals surface area contributed by atoms with Gasteiger partial charge in [-0.15, -0.1) is 24.0 Å². The normalized spacial score (nSPS) is 17.3. The molecule has 1 aliphatic carbocycles. The van der Waals surface area contributed by atoms with Crippen molar-refractivity contribution < 1.29 is 18.3 Å². The van der Waals surface area contributed by atoms with Crippen molar-refractivity contribution in [2.45, 2.75) is 24.7 Å². The Balaban J connectivity index is 0.00000225. The molecule has 0 saturated heterocycles. The van der Waals surface area contributed by atoms with Gasteiger partial charge in [0, 0.05) is 29.7 Å². The zero-order valence-corrected chi connectivity index (χ0v) is 17.5. The quantitative estimate of drug-likeness (QED) is 0.375. The molecule has 0 unspecified atom stereocenters. The summed E-state index contributed by atoms with van der Waals surface area (Å²) in [7, 11) is 0. The van der Waals surface area contributed by atoms with E-state index in [0.717, 1.165) is 31.0 Å². The monoisotopic (exact) mass is 501 g/mol. The van der Waals surface area contributed by atoms with Crippen LogP contribution in [-0.2, 0) is 5.41 Å². The molecule has 3 N–H and O–H groups in total. The Kier molecular flexibility index (Phi) is 6.26. The van der Waals surface area contributed by atoms with Crippen LogP contribution in [0.15, 0.2) is 41.4 Å². The first kappa shape index (κ1) is 20.6. The van der Waals surface area contributed by atoms with Crippen molar-refractivity contribution in [1.29, 1.82) is 0 Å². The summed E-state index contributed by atoms with van der Waals surface area (Å²) >= 11 is 0. The first-order chi connectivity index (χ1) is 13.1. The SMILES string of the molecule is I.NC(=NCC1(c2ccc(F)cc2F)CC1)Nc1ccc2c(c1)OCCCO2. The van der Waals surface area contributed by atoms with Crippen LogP contribution in [0.4, 0.5) is 14.5 Å². The molecular weight excluding hydrogens is 479 g/mol. The van der Waals surface area contributed by atoms with E-state index in [-0.39, 0.29) is 29.9 Å². The molecule has 0 spiro atoms. The van der Waals surface area contributed by atoms with Crippen molar-refractivity contribution in [2.24, 2.45) is 10.7 Å². The molecule has 2 aromatic carbocycles. The Labute approximate surface area is 179 Å². The first-order valence-corrected chi connectivity index (χ1v) is 8.98. The number of fused-ring (bicyclic) bond motifs is 1. The highest BCUT2D eigenvalue weighted by Gasteiger charge is 2.46. The van der Waals surface area contributed by atoms with Crippen molar-refractivity contribution in [2.75, 3.05) is 25.1 Å². The van der Waals surface area contributed by atoms with Crippen LogP contribution < -0.4 is 20.5 Å². The Bertz CT molecular complexity index is 888. The zero-order valence-electron chi connectivity index (χ0n) is 15.2. The number of anilines is 1. The third kappa shape index (κ3) is 4.48. The van der Waals surface area contributed by atoms with Gasteiger partial charge in [-0.25, -0.2) is 8.78 Å². The number of aliphatic imine (C=N–C) groups is 1. The highest BCUT2D eigenvalue weighted by molar-refractivity contribution is 14.0. The molecule has 0 amide bonds. The van der Waals surface area contributed by atoms with Gasteiger partial charge < -0.3 is 20.5 Å². The van der Waals surface area contributed by atoms with Crippen molar-refractivity contribution in [3.63, 3.8) is 0 Å². The van der Waals surface area contributed by atoms with Crippen LogP contribution in [-0.4, -0.2) is 25.7 Å². The maximum atomic E-state index is 14.1. The molecule has 28 heavy (non-hydrogen) atoms. The maximum Gasteiger partial charge on any atom is 0.193 e. The van der Waals surface area contributed by atoms with E-state index in [2.05, 4.69) is 10.3 Å². The number of nitrogens with zero attached hydrogens (tertiary/aromatic N) is 1. The van der Waals surface area contributed by atoms with E-state index in [4.69, 9.17) is 15.2 Å². The zero-order chi connectivity index (χ0) is 18.9. The summed E-state index contributed by atoms with van der Waals surface area (Å²) in [6.07, 6.45) is 2.44. The van der Waals surface area contributed by atoms with Crippen molar-refractivity contribution >= 4 is 35.6 Å². The van der Waals surface area contributed by atoms with Crippen LogP contribution in [0.1, 0.15) is 24.8 Å². The van der Waals surface area contributed by atoms with E-state index < -0.39 is 17.0 Å². The molecule has 1 saturated carbocycles. The molecule has 0 atom stereocenters. The number of ether oxygens (including phenoxy) is 2. The second-order valence-electron chi connectivity index (χ2n) is 6.94. The smallest absolute Gasteiger partial charge is 0.193 e. The summed E-state index contributed by atoms with van der Waals surface area (Å²) in [5.74, 6) is 0.496. The van der Waals surface area contributed by atoms with Gasteiger partial charge in [0.1, 0.15) is 11.6 Å². The van der Waals surface area contributed by atoms with Gasteiger partial charge in [-0.05, 0) is 36.6 Å². The fourth-order valence-corrected chi connectivity index (χ4v) is 3.25. The molecule has 1 fully saturated rings. The van der Waals surface area contributed by atoms with Gasteiger partial charge in [0.15, 0.2) is 17.5 Å². The van der Waals surface area contributed by atoms with Crippen LogP contribution in [0.5, 0.6) is 11.5 Å². The van der Waals surface area contributed by atoms with Crippen LogP contribution in [0.2, 0.25) is 0 Å². The molecule has 0 aromatic heterocycles. The van der Waals surface area contributed by atoms with E-state index in [9.17, 15) is 8.78 Å². The first-order valence-electron chi connectivity index (χ1n) is 8.98. The van der Waals surface area contributed by atoms with Gasteiger partial charge in [-0.2, -0.15) is 0 Å². The fraction of sp³-hybridized carbons (Fsp3) is 0.350. The van der Waals surface area contributed by atoms with E-state index in [1.807, 2.05) is 18.2 Å². The van der Waals surface area contributed by atoms with E-state index >= 15 is 0 Å². The molecule has 5 nitrogen and oxygen atoms in total. The molecular formula is C20H22F2IN3O2. The van der Waals surface area contributed by atoms with Gasteiger partial charge in [0.05, 0.1) is 19.8 Å². The van der Waals surface area contributed by atoms with Crippen molar-refractivity contribution in [3.8, 4) is 11.5 Å². The number of hydrogen-bond acceptors (Lipinski definition) is 3. The molecule has 4 rings (SSSR count). The van der Waals surface area contributed by atoms with Crippen molar-refractivity contribution in [1.82, 2.24) is 0 Å². The Morgan fingerprint density at radius 2 is 1.82 bits per heavy atom. The molecule has 0 radical (unpaired) electrons. The summed E-state index contributed by atoms with van der Waals surface area (Å²) in [6, 6.07) is 9.17. The maximum absolute atomic E-state index is 14.1. The molecule has 1 heterocycles. The second kappa shape index (κ2) is 8.50. The number of nitrogens with one attached hydrogen (secondary N) is 1. The highest BCUT2D eigenvalue weighted by atomic mass is 127. The van der Waals surface area contributed by atoms with Gasteiger partial charge in [-0.1, -0.05) is 6.07 Å². The average Bonchev–Trinajstić information content (AvgIpc) is 3.44. The van der Waals surface area contributed by atoms with E-state index in [1.54, 1.807) is 0 Å². The Hall–Kier alpha value is -2.10. The number of guanidine groups is 1. The summed E-state index contributed by atoms with van der Waals surface area (Å²) in [5, 5.41) is 3.03. The molecule has 8 heteroatoms. The molecule has 1 aliphatic heterocycles. The van der Waals surface area contributed by atoms with Crippen LogP contribution in [0.3, 0.4) is 0 Å². The van der Waals surface area contributed by atoms with Crippen LogP contribution in [0, 0.1) is 11.6 Å². The van der Waals surface area contributed by atoms with Crippen LogP contribution in [0.25, 0.3) is 0 Å². The number of hydrogen-bond donors (Lipinski definition) is 2. The molecule has 2 aromatic rings. The summed E-state index contributed by atoms with van der Waals surface area (Å²) in [4.78, 5) is 4.37. The number of halogens is 3. The van der Waals surface area contributed by atoms with Gasteiger partial charge in [-0.3, -0.25) is 4.99 Å². The molecule has 150 valence electrons. The minimum atomic E-state index is -0.578. The standard InChI is InChI=1S/C20H21F2N3O2.HI/c21-13-2-4-15(16(22)10-13)20(6-7-20)12-24-19(23)25-14-3-5-17-18(11-14)27-9-1-8-26-17;/h2-5,10-11H,1,6-9,12H2,(H3,23,24,25);1H. The van der Waals surface area contributed by atoms with Gasteiger partial charge in [0.2, 0.25) is 0 Å². The van der Waals surface area contributed by atoms with E-state index in [0.29, 0.717) is 36.8 Å². The predicted molar refractivity (Wildman–Crippen MR) is 115 cm³/mol. The summed E-state index contributed by atoms with van der Waals surface area (Å²) in [6.45, 7) is 1.58. The minimum Gasteiger partial charge on any atom is -0.490 e. The average molecular weight is 501 g/mol. The Morgan fingerprint density at radius 1 is 1.07 bits per heavy atom. The topological polar surface area (TPSA) is 68.9 Å². The summed E-state index contributed by atoms with van der Waals surface area (Å²) < 4.78 is 38.5. The van der Waals surface area contributed by atoms with Crippen molar-refractivity contribution in [3.05, 3.63) is 53.6 Å². The lowest BCUT2D eigenvalue weighted by molar-refractivity contribution is 0.297. The van der Waals surface area contributed by atoms with Gasteiger partial charge in [0.25, 0.3) is 0 Å². The number of benzene rings is 2. The molecule has 2 aliphatic rings. The number of rotatable bonds is 4. The van der Waals surface area contributed by atoms with Gasteiger partial charge >= 0.3 is 0 Å². The lowest BCUT2D eigenvalue weighted by atomic mass is 9.95.